The van der Waals surface area contributed by atoms with Gasteiger partial charge in [-0.05, 0) is 61.4 Å². The molecule has 0 unspecified atom stereocenters. The van der Waals surface area contributed by atoms with Crippen LogP contribution in [0.3, 0.4) is 0 Å². The Labute approximate surface area is 238 Å². The Balaban J connectivity index is 1.63. The van der Waals surface area contributed by atoms with Crippen molar-refractivity contribution in [3.8, 4) is 11.5 Å². The van der Waals surface area contributed by atoms with Crippen LogP contribution in [0.2, 0.25) is 0 Å². The molecule has 0 N–H and O–H groups in total. The number of rotatable bonds is 8. The predicted octanol–water partition coefficient (Wildman–Crippen LogP) is 4.66. The Kier molecular flexibility index (Phi) is 8.11. The number of carbonyl (C=O) groups is 1. The zero-order valence-corrected chi connectivity index (χ0v) is 23.3. The number of methoxy groups -OCH3 is 1. The van der Waals surface area contributed by atoms with E-state index in [4.69, 9.17) is 14.2 Å². The third-order valence-corrected chi connectivity index (χ3v) is 7.50. The van der Waals surface area contributed by atoms with Crippen molar-refractivity contribution in [3.63, 3.8) is 0 Å². The van der Waals surface area contributed by atoms with Gasteiger partial charge in [0.2, 0.25) is 0 Å². The maximum absolute atomic E-state index is 13.9. The summed E-state index contributed by atoms with van der Waals surface area (Å²) < 4.78 is 45.8. The van der Waals surface area contributed by atoms with Crippen LogP contribution in [-0.2, 0) is 16.1 Å². The van der Waals surface area contributed by atoms with E-state index in [-0.39, 0.29) is 30.2 Å². The zero-order chi connectivity index (χ0) is 29.1. The summed E-state index contributed by atoms with van der Waals surface area (Å²) in [5.74, 6) is -0.517. The van der Waals surface area contributed by atoms with Gasteiger partial charge in [-0.3, -0.25) is 9.36 Å². The number of thiazole rings is 1. The van der Waals surface area contributed by atoms with Gasteiger partial charge in [0.05, 0.1) is 35.6 Å². The van der Waals surface area contributed by atoms with Crippen LogP contribution in [-0.4, -0.2) is 24.3 Å². The van der Waals surface area contributed by atoms with E-state index in [1.165, 1.54) is 35.9 Å². The summed E-state index contributed by atoms with van der Waals surface area (Å²) in [5, 5.41) is 0. The van der Waals surface area contributed by atoms with Crippen molar-refractivity contribution >= 4 is 23.4 Å². The topological polar surface area (TPSA) is 79.1 Å². The van der Waals surface area contributed by atoms with Gasteiger partial charge in [0.1, 0.15) is 18.2 Å². The highest BCUT2D eigenvalue weighted by atomic mass is 32.1. The molecule has 1 aromatic heterocycles. The highest BCUT2D eigenvalue weighted by Crippen LogP contribution is 2.33. The monoisotopic (exact) mass is 576 g/mol. The lowest BCUT2D eigenvalue weighted by Gasteiger charge is -2.24. The lowest BCUT2D eigenvalue weighted by atomic mass is 9.96. The van der Waals surface area contributed by atoms with Crippen molar-refractivity contribution in [2.75, 3.05) is 13.7 Å². The molecule has 3 aromatic carbocycles. The second-order valence-corrected chi connectivity index (χ2v) is 10.2. The van der Waals surface area contributed by atoms with E-state index in [9.17, 15) is 18.4 Å². The Morgan fingerprint density at radius 3 is 2.39 bits per heavy atom. The molecule has 0 bridgehead atoms. The third kappa shape index (κ3) is 5.69. The van der Waals surface area contributed by atoms with Crippen LogP contribution in [0.4, 0.5) is 8.78 Å². The summed E-state index contributed by atoms with van der Waals surface area (Å²) in [7, 11) is 1.51. The Morgan fingerprint density at radius 1 is 1.05 bits per heavy atom. The summed E-state index contributed by atoms with van der Waals surface area (Å²) >= 11 is 1.16. The molecule has 0 amide bonds. The number of para-hydroxylation sites is 1. The van der Waals surface area contributed by atoms with Crippen molar-refractivity contribution in [2.45, 2.75) is 26.5 Å². The second-order valence-electron chi connectivity index (χ2n) is 9.15. The van der Waals surface area contributed by atoms with Crippen LogP contribution in [0.5, 0.6) is 11.5 Å². The quantitative estimate of drug-likeness (QED) is 0.285. The molecule has 4 aromatic rings. The summed E-state index contributed by atoms with van der Waals surface area (Å²) in [4.78, 5) is 31.9. The standard InChI is InChI=1S/C31H26F2N2O5S/c1-4-39-30(37)26-18(2)34-31-35(27(26)20-10-14-23(33)15-11-20)29(36)25(41-31)16-21-6-5-7-24(38-3)28(21)40-17-19-8-12-22(32)13-9-19/h5-16,27H,4,17H2,1-3H3/b25-16-/t27-/m0/s1. The molecular formula is C31H26F2N2O5S. The molecule has 0 spiro atoms. The normalized spacial score (nSPS) is 14.9. The Morgan fingerprint density at radius 2 is 1.73 bits per heavy atom. The maximum Gasteiger partial charge on any atom is 0.338 e. The molecule has 0 fully saturated rings. The van der Waals surface area contributed by atoms with E-state index in [2.05, 4.69) is 4.99 Å². The highest BCUT2D eigenvalue weighted by Gasteiger charge is 2.33. The van der Waals surface area contributed by atoms with Crippen LogP contribution in [0, 0.1) is 11.6 Å². The molecule has 210 valence electrons. The molecule has 1 aliphatic heterocycles. The Bertz CT molecular complexity index is 1810. The van der Waals surface area contributed by atoms with E-state index in [0.29, 0.717) is 37.7 Å². The molecule has 0 saturated carbocycles. The maximum atomic E-state index is 13.9. The molecular weight excluding hydrogens is 550 g/mol. The average Bonchev–Trinajstić information content (AvgIpc) is 3.26. The minimum atomic E-state index is -0.854. The van der Waals surface area contributed by atoms with E-state index in [0.717, 1.165) is 16.9 Å². The van der Waals surface area contributed by atoms with Gasteiger partial charge >= 0.3 is 5.97 Å². The number of carbonyl (C=O) groups excluding carboxylic acids is 1. The predicted molar refractivity (Wildman–Crippen MR) is 151 cm³/mol. The molecule has 10 heteroatoms. The molecule has 2 heterocycles. The summed E-state index contributed by atoms with van der Waals surface area (Å²) in [6.45, 7) is 3.67. The largest absolute Gasteiger partial charge is 0.493 e. The molecule has 41 heavy (non-hydrogen) atoms. The van der Waals surface area contributed by atoms with Crippen molar-refractivity contribution in [3.05, 3.63) is 126 Å². The minimum Gasteiger partial charge on any atom is -0.493 e. The van der Waals surface area contributed by atoms with Crippen molar-refractivity contribution in [2.24, 2.45) is 4.99 Å². The number of ether oxygens (including phenoxy) is 3. The minimum absolute atomic E-state index is 0.146. The van der Waals surface area contributed by atoms with Crippen molar-refractivity contribution in [1.82, 2.24) is 4.57 Å². The van der Waals surface area contributed by atoms with Gasteiger partial charge in [0.15, 0.2) is 16.3 Å². The molecule has 7 nitrogen and oxygen atoms in total. The van der Waals surface area contributed by atoms with Gasteiger partial charge in [0.25, 0.3) is 5.56 Å². The zero-order valence-electron chi connectivity index (χ0n) is 22.5. The Hall–Kier alpha value is -4.57. The fourth-order valence-corrected chi connectivity index (χ4v) is 5.63. The molecule has 5 rings (SSSR count). The van der Waals surface area contributed by atoms with Crippen LogP contribution in [0.25, 0.3) is 6.08 Å². The molecule has 0 radical (unpaired) electrons. The number of fused-ring (bicyclic) bond motifs is 1. The van der Waals surface area contributed by atoms with E-state index >= 15 is 0 Å². The van der Waals surface area contributed by atoms with Crippen LogP contribution in [0.1, 0.15) is 36.6 Å². The number of nitrogens with zero attached hydrogens (tertiary/aromatic N) is 2. The van der Waals surface area contributed by atoms with Gasteiger partial charge in [-0.25, -0.2) is 18.6 Å². The smallest absolute Gasteiger partial charge is 0.338 e. The number of aromatic nitrogens is 1. The van der Waals surface area contributed by atoms with Crippen molar-refractivity contribution < 1.29 is 27.8 Å². The second kappa shape index (κ2) is 11.9. The van der Waals surface area contributed by atoms with Crippen molar-refractivity contribution in [1.29, 1.82) is 0 Å². The number of esters is 1. The molecule has 1 atom stereocenters. The van der Waals surface area contributed by atoms with Crippen LogP contribution in [0.15, 0.2) is 87.8 Å². The van der Waals surface area contributed by atoms with Gasteiger partial charge in [-0.2, -0.15) is 0 Å². The first kappa shape index (κ1) is 28.0. The average molecular weight is 577 g/mol. The van der Waals surface area contributed by atoms with Crippen LogP contribution >= 0.6 is 11.3 Å². The first-order valence-corrected chi connectivity index (χ1v) is 13.6. The van der Waals surface area contributed by atoms with Gasteiger partial charge in [0, 0.05) is 5.56 Å². The van der Waals surface area contributed by atoms with E-state index < -0.39 is 17.8 Å². The van der Waals surface area contributed by atoms with Gasteiger partial charge in [-0.1, -0.05) is 47.7 Å². The molecule has 1 aliphatic rings. The first-order valence-electron chi connectivity index (χ1n) is 12.8. The first-order chi connectivity index (χ1) is 19.8. The van der Waals surface area contributed by atoms with E-state index in [1.807, 2.05) is 0 Å². The number of allylic oxidation sites excluding steroid dienone is 1. The van der Waals surface area contributed by atoms with Crippen LogP contribution < -0.4 is 24.4 Å². The lowest BCUT2D eigenvalue weighted by molar-refractivity contribution is -0.139. The fourth-order valence-electron chi connectivity index (χ4n) is 4.59. The number of benzene rings is 3. The summed E-state index contributed by atoms with van der Waals surface area (Å²) in [5.41, 5.74) is 2.11. The number of hydrogen-bond donors (Lipinski definition) is 0. The lowest BCUT2D eigenvalue weighted by Crippen LogP contribution is -2.39. The highest BCUT2D eigenvalue weighted by molar-refractivity contribution is 7.07. The fraction of sp³-hybridized carbons (Fsp3) is 0.194. The SMILES string of the molecule is CCOC(=O)C1=C(C)N=c2s/c(=C\c3cccc(OC)c3OCc3ccc(F)cc3)c(=O)n2[C@H]1c1ccc(F)cc1. The molecule has 0 aliphatic carbocycles. The van der Waals surface area contributed by atoms with Gasteiger partial charge in [-0.15, -0.1) is 0 Å². The summed E-state index contributed by atoms with van der Waals surface area (Å²) in [6.07, 6.45) is 1.68. The van der Waals surface area contributed by atoms with Gasteiger partial charge < -0.3 is 14.2 Å². The summed E-state index contributed by atoms with van der Waals surface area (Å²) in [6, 6.07) is 16.0. The number of hydrogen-bond acceptors (Lipinski definition) is 7. The third-order valence-electron chi connectivity index (χ3n) is 6.52. The number of halogens is 2. The van der Waals surface area contributed by atoms with E-state index in [1.54, 1.807) is 62.4 Å². The molecule has 0 saturated heterocycles.